The normalized spacial score (nSPS) is 23.7. The monoisotopic (exact) mass is 469 g/mol. The van der Waals surface area contributed by atoms with Crippen LogP contribution in [0.4, 0.5) is 4.39 Å². The fourth-order valence-corrected chi connectivity index (χ4v) is 4.47. The average molecular weight is 469 g/mol. The molecule has 0 unspecified atom stereocenters. The summed E-state index contributed by atoms with van der Waals surface area (Å²) in [6.45, 7) is 2.02. The van der Waals surface area contributed by atoms with Gasteiger partial charge in [0, 0.05) is 5.39 Å². The Balaban J connectivity index is 1.54. The van der Waals surface area contributed by atoms with Crippen LogP contribution in [0.15, 0.2) is 47.3 Å². The molecule has 5 rings (SSSR count). The zero-order valence-electron chi connectivity index (χ0n) is 18.5. The molecule has 0 saturated carbocycles. The lowest BCUT2D eigenvalue weighted by Gasteiger charge is -2.21. The van der Waals surface area contributed by atoms with Crippen molar-refractivity contribution >= 4 is 16.9 Å². The molecule has 0 bridgehead atoms. The molecule has 1 aromatic heterocycles. The molecular weight excluding hydrogens is 445 g/mol. The van der Waals surface area contributed by atoms with Crippen LogP contribution in [0, 0.1) is 5.82 Å². The van der Waals surface area contributed by atoms with Crippen LogP contribution in [0.2, 0.25) is 0 Å². The highest BCUT2D eigenvalue weighted by Gasteiger charge is 2.49. The van der Waals surface area contributed by atoms with Crippen LogP contribution in [0.3, 0.4) is 0 Å². The minimum Gasteiger partial charge on any atom is -0.483 e. The maximum absolute atomic E-state index is 13.2. The van der Waals surface area contributed by atoms with E-state index in [4.69, 9.17) is 18.9 Å². The predicted molar refractivity (Wildman–Crippen MR) is 120 cm³/mol. The molecule has 2 aromatic carbocycles. The van der Waals surface area contributed by atoms with Crippen molar-refractivity contribution in [3.63, 3.8) is 0 Å². The van der Waals surface area contributed by atoms with Gasteiger partial charge in [0.05, 0.1) is 25.3 Å². The quantitative estimate of drug-likeness (QED) is 0.534. The number of benzene rings is 2. The highest BCUT2D eigenvalue weighted by Crippen LogP contribution is 2.34. The van der Waals surface area contributed by atoms with E-state index in [0.717, 1.165) is 11.1 Å². The van der Waals surface area contributed by atoms with Gasteiger partial charge in [0.1, 0.15) is 29.9 Å². The average Bonchev–Trinajstić information content (AvgIpc) is 3.38. The molecule has 2 fully saturated rings. The van der Waals surface area contributed by atoms with E-state index in [9.17, 15) is 19.1 Å². The second kappa shape index (κ2) is 9.17. The van der Waals surface area contributed by atoms with Gasteiger partial charge >= 0.3 is 5.97 Å². The molecule has 3 aromatic rings. The van der Waals surface area contributed by atoms with Gasteiger partial charge in [0.15, 0.2) is 11.7 Å². The van der Waals surface area contributed by atoms with Crippen molar-refractivity contribution in [3.05, 3.63) is 75.3 Å². The molecule has 2 aliphatic heterocycles. The van der Waals surface area contributed by atoms with Crippen LogP contribution >= 0.6 is 0 Å². The van der Waals surface area contributed by atoms with Crippen molar-refractivity contribution in [1.82, 2.24) is 4.98 Å². The lowest BCUT2D eigenvalue weighted by Crippen LogP contribution is -2.35. The molecule has 0 radical (unpaired) electrons. The number of fused-ring (bicyclic) bond motifs is 2. The van der Waals surface area contributed by atoms with Crippen LogP contribution < -0.4 is 10.3 Å². The minimum atomic E-state index is -0.793. The van der Waals surface area contributed by atoms with Crippen LogP contribution in [0.25, 0.3) is 10.9 Å². The summed E-state index contributed by atoms with van der Waals surface area (Å²) in [4.78, 5) is 28.4. The lowest BCUT2D eigenvalue weighted by molar-refractivity contribution is 0.00848. The van der Waals surface area contributed by atoms with Gasteiger partial charge in [0.25, 0.3) is 5.56 Å². The van der Waals surface area contributed by atoms with Crippen LogP contribution in [-0.4, -0.2) is 60.3 Å². The molecule has 4 atom stereocenters. The van der Waals surface area contributed by atoms with E-state index in [1.54, 1.807) is 31.2 Å². The molecule has 2 N–H and O–H groups in total. The topological polar surface area (TPSA) is 107 Å². The molecular formula is C25H24FNO7. The zero-order valence-corrected chi connectivity index (χ0v) is 18.5. The summed E-state index contributed by atoms with van der Waals surface area (Å²) >= 11 is 0. The number of aromatic amines is 1. The van der Waals surface area contributed by atoms with E-state index >= 15 is 0 Å². The van der Waals surface area contributed by atoms with Gasteiger partial charge in [-0.05, 0) is 48.7 Å². The largest absolute Gasteiger partial charge is 0.483 e. The Morgan fingerprint density at radius 2 is 1.85 bits per heavy atom. The Bertz CT molecular complexity index is 1270. The second-order valence-corrected chi connectivity index (χ2v) is 8.38. The molecule has 9 heteroatoms. The van der Waals surface area contributed by atoms with Crippen molar-refractivity contribution in [3.8, 4) is 5.75 Å². The number of halogens is 1. The molecule has 0 spiro atoms. The summed E-state index contributed by atoms with van der Waals surface area (Å²) in [5.74, 6) is -1.01. The van der Waals surface area contributed by atoms with Gasteiger partial charge in [-0.3, -0.25) is 4.79 Å². The highest BCUT2D eigenvalue weighted by molar-refractivity contribution is 5.99. The van der Waals surface area contributed by atoms with E-state index in [1.165, 1.54) is 12.1 Å². The summed E-state index contributed by atoms with van der Waals surface area (Å²) in [6.07, 6.45) is -1.88. The third kappa shape index (κ3) is 4.18. The van der Waals surface area contributed by atoms with Crippen molar-refractivity contribution < 1.29 is 33.2 Å². The smallest absolute Gasteiger partial charge is 0.347 e. The number of hydrogen-bond donors (Lipinski definition) is 2. The van der Waals surface area contributed by atoms with E-state index in [2.05, 4.69) is 4.98 Å². The van der Waals surface area contributed by atoms with Gasteiger partial charge in [0.2, 0.25) is 0 Å². The standard InChI is InChI=1S/C25H24FNO7/c1-2-31-25(30)20-21(34-19-12-33-22-18(28)11-32-23(19)22)16-8-5-14(10-17(16)27-24(20)29)9-13-3-6-15(26)7-4-13/h3-8,10,18-19,22-23,28H,2,9,11-12H2,1H3,(H,27,29)/t18-,19-,22+,23+/m0/s1. The molecule has 0 amide bonds. The number of esters is 1. The fourth-order valence-electron chi connectivity index (χ4n) is 4.47. The van der Waals surface area contributed by atoms with Gasteiger partial charge in [-0.1, -0.05) is 18.2 Å². The Morgan fingerprint density at radius 1 is 1.12 bits per heavy atom. The molecule has 0 aliphatic carbocycles. The predicted octanol–water partition coefficient (Wildman–Crippen LogP) is 2.34. The fraction of sp³-hybridized carbons (Fsp3) is 0.360. The first-order valence-corrected chi connectivity index (χ1v) is 11.1. The van der Waals surface area contributed by atoms with Crippen LogP contribution in [-0.2, 0) is 20.6 Å². The first-order valence-electron chi connectivity index (χ1n) is 11.1. The van der Waals surface area contributed by atoms with Crippen LogP contribution in [0.1, 0.15) is 28.4 Å². The van der Waals surface area contributed by atoms with E-state index in [1.807, 2.05) is 6.07 Å². The van der Waals surface area contributed by atoms with E-state index < -0.39 is 35.9 Å². The van der Waals surface area contributed by atoms with Gasteiger partial charge < -0.3 is 29.0 Å². The third-order valence-corrected chi connectivity index (χ3v) is 6.08. The highest BCUT2D eigenvalue weighted by atomic mass is 19.1. The molecule has 2 aliphatic rings. The van der Waals surface area contributed by atoms with E-state index in [0.29, 0.717) is 17.3 Å². The second-order valence-electron chi connectivity index (χ2n) is 8.38. The number of aliphatic hydroxyl groups is 1. The summed E-state index contributed by atoms with van der Waals surface area (Å²) in [5, 5.41) is 10.5. The number of aromatic nitrogens is 1. The van der Waals surface area contributed by atoms with Crippen molar-refractivity contribution in [2.75, 3.05) is 19.8 Å². The lowest BCUT2D eigenvalue weighted by atomic mass is 10.0. The van der Waals surface area contributed by atoms with Gasteiger partial charge in [-0.2, -0.15) is 0 Å². The third-order valence-electron chi connectivity index (χ3n) is 6.08. The Kier molecular flexibility index (Phi) is 6.07. The summed E-state index contributed by atoms with van der Waals surface area (Å²) < 4.78 is 35.8. The Labute approximate surface area is 194 Å². The first kappa shape index (κ1) is 22.5. The number of carbonyl (C=O) groups excluding carboxylic acids is 1. The summed E-state index contributed by atoms with van der Waals surface area (Å²) in [7, 11) is 0. The maximum Gasteiger partial charge on any atom is 0.347 e. The number of ether oxygens (including phenoxy) is 4. The number of rotatable bonds is 6. The van der Waals surface area contributed by atoms with Gasteiger partial charge in [-0.25, -0.2) is 9.18 Å². The molecule has 34 heavy (non-hydrogen) atoms. The number of nitrogens with one attached hydrogen (secondary N) is 1. The van der Waals surface area contributed by atoms with Gasteiger partial charge in [-0.15, -0.1) is 0 Å². The first-order chi connectivity index (χ1) is 16.4. The molecule has 178 valence electrons. The molecule has 2 saturated heterocycles. The number of carbonyl (C=O) groups is 1. The SMILES string of the molecule is CCOC(=O)c1c(O[C@H]2CO[C@H]3[C@@H]2OC[C@@H]3O)c2ccc(Cc3ccc(F)cc3)cc2[nH]c1=O. The van der Waals surface area contributed by atoms with Crippen molar-refractivity contribution in [2.24, 2.45) is 0 Å². The molecule has 3 heterocycles. The van der Waals surface area contributed by atoms with E-state index in [-0.39, 0.29) is 37.0 Å². The zero-order chi connectivity index (χ0) is 23.8. The van der Waals surface area contributed by atoms with Crippen molar-refractivity contribution in [2.45, 2.75) is 37.8 Å². The number of hydrogen-bond acceptors (Lipinski definition) is 7. The summed E-state index contributed by atoms with van der Waals surface area (Å²) in [5.41, 5.74) is 1.41. The molecule has 8 nitrogen and oxygen atoms in total. The Hall–Kier alpha value is -3.27. The maximum atomic E-state index is 13.2. The summed E-state index contributed by atoms with van der Waals surface area (Å²) in [6, 6.07) is 11.6. The Morgan fingerprint density at radius 3 is 2.62 bits per heavy atom. The van der Waals surface area contributed by atoms with Crippen molar-refractivity contribution in [1.29, 1.82) is 0 Å². The number of aliphatic hydroxyl groups excluding tert-OH is 1. The number of pyridine rings is 1. The number of H-pyrrole nitrogens is 1. The van der Waals surface area contributed by atoms with Crippen LogP contribution in [0.5, 0.6) is 5.75 Å². The minimum absolute atomic E-state index is 0.0878.